The molecule has 8 nitrogen and oxygen atoms in total. The lowest BCUT2D eigenvalue weighted by Crippen LogP contribution is -2.30. The number of rotatable bonds is 7. The Kier molecular flexibility index (Phi) is 5.88. The summed E-state index contributed by atoms with van der Waals surface area (Å²) in [4.78, 5) is 46.1. The van der Waals surface area contributed by atoms with Crippen LogP contribution in [0.3, 0.4) is 0 Å². The van der Waals surface area contributed by atoms with Crippen LogP contribution in [0.4, 0.5) is 16.2 Å². The largest absolute Gasteiger partial charge is 0.335 e. The van der Waals surface area contributed by atoms with Crippen molar-refractivity contribution in [2.24, 2.45) is 0 Å². The quantitative estimate of drug-likeness (QED) is 0.422. The summed E-state index contributed by atoms with van der Waals surface area (Å²) in [6, 6.07) is 7.08. The Labute approximate surface area is 192 Å². The third-order valence-electron chi connectivity index (χ3n) is 5.44. The zero-order chi connectivity index (χ0) is 22.1. The van der Waals surface area contributed by atoms with Crippen molar-refractivity contribution in [3.63, 3.8) is 0 Å². The maximum absolute atomic E-state index is 12.5. The molecular weight excluding hydrogens is 446 g/mol. The first-order valence-corrected chi connectivity index (χ1v) is 12.6. The van der Waals surface area contributed by atoms with E-state index in [0.29, 0.717) is 29.0 Å². The van der Waals surface area contributed by atoms with Gasteiger partial charge in [-0.2, -0.15) is 0 Å². The van der Waals surface area contributed by atoms with Crippen LogP contribution in [0.1, 0.15) is 35.5 Å². The zero-order valence-electron chi connectivity index (χ0n) is 17.3. The van der Waals surface area contributed by atoms with Crippen molar-refractivity contribution in [1.29, 1.82) is 0 Å². The second-order valence-electron chi connectivity index (χ2n) is 8.04. The normalized spacial score (nSPS) is 14.9. The first-order chi connectivity index (χ1) is 15.5. The van der Waals surface area contributed by atoms with E-state index in [4.69, 9.17) is 0 Å². The molecular formula is C22H23N5O3S2. The summed E-state index contributed by atoms with van der Waals surface area (Å²) in [6.45, 7) is 0. The number of amides is 3. The summed E-state index contributed by atoms with van der Waals surface area (Å²) in [6.07, 6.45) is 5.17. The fourth-order valence-corrected chi connectivity index (χ4v) is 5.74. The van der Waals surface area contributed by atoms with Crippen LogP contribution in [0.15, 0.2) is 29.1 Å². The molecule has 1 fully saturated rings. The lowest BCUT2D eigenvalue weighted by atomic mass is 10.2. The third-order valence-corrected chi connectivity index (χ3v) is 7.56. The van der Waals surface area contributed by atoms with Crippen molar-refractivity contribution in [3.8, 4) is 0 Å². The predicted molar refractivity (Wildman–Crippen MR) is 129 cm³/mol. The Morgan fingerprint density at radius 1 is 1.12 bits per heavy atom. The number of aromatic nitrogens is 2. The van der Waals surface area contributed by atoms with Crippen molar-refractivity contribution < 1.29 is 9.59 Å². The Bertz CT molecular complexity index is 1230. The van der Waals surface area contributed by atoms with E-state index in [9.17, 15) is 14.4 Å². The number of aryl methyl sites for hydroxylation is 2. The number of urea groups is 1. The molecule has 0 saturated heterocycles. The van der Waals surface area contributed by atoms with E-state index < -0.39 is 0 Å². The highest BCUT2D eigenvalue weighted by Gasteiger charge is 2.23. The van der Waals surface area contributed by atoms with Crippen LogP contribution >= 0.6 is 23.1 Å². The average molecular weight is 470 g/mol. The first kappa shape index (κ1) is 21.0. The van der Waals surface area contributed by atoms with Gasteiger partial charge < -0.3 is 20.9 Å². The molecule has 1 saturated carbocycles. The van der Waals surface area contributed by atoms with E-state index in [2.05, 4.69) is 25.9 Å². The number of carbonyl (C=O) groups is 2. The molecule has 2 aromatic heterocycles. The molecule has 0 aliphatic heterocycles. The summed E-state index contributed by atoms with van der Waals surface area (Å²) in [5.74, 6) is 1.16. The van der Waals surface area contributed by atoms with Gasteiger partial charge in [0.2, 0.25) is 5.91 Å². The van der Waals surface area contributed by atoms with E-state index in [1.54, 1.807) is 35.6 Å². The van der Waals surface area contributed by atoms with E-state index in [1.165, 1.54) is 22.2 Å². The molecule has 10 heteroatoms. The number of anilines is 2. The van der Waals surface area contributed by atoms with Crippen molar-refractivity contribution in [2.75, 3.05) is 16.4 Å². The zero-order valence-corrected chi connectivity index (χ0v) is 19.0. The van der Waals surface area contributed by atoms with Crippen LogP contribution in [0.5, 0.6) is 0 Å². The molecule has 32 heavy (non-hydrogen) atoms. The Morgan fingerprint density at radius 3 is 2.62 bits per heavy atom. The van der Waals surface area contributed by atoms with Crippen molar-refractivity contribution in [1.82, 2.24) is 15.3 Å². The lowest BCUT2D eigenvalue weighted by Gasteiger charge is -2.08. The highest BCUT2D eigenvalue weighted by molar-refractivity contribution is 7.99. The summed E-state index contributed by atoms with van der Waals surface area (Å²) in [7, 11) is 0. The average Bonchev–Trinajstić information content (AvgIpc) is 3.32. The minimum atomic E-state index is -0.210. The SMILES string of the molecule is O=C(CSCc1nc2sc3c(c2c(=O)[nH]1)CCC3)Nc1ccc(NC(=O)NC2CC2)cc1. The summed E-state index contributed by atoms with van der Waals surface area (Å²) in [5.41, 5.74) is 2.42. The number of hydrogen-bond acceptors (Lipinski definition) is 6. The number of aromatic amines is 1. The third kappa shape index (κ3) is 4.81. The molecule has 1 aromatic carbocycles. The summed E-state index contributed by atoms with van der Waals surface area (Å²) >= 11 is 3.02. The highest BCUT2D eigenvalue weighted by atomic mass is 32.2. The van der Waals surface area contributed by atoms with E-state index >= 15 is 0 Å². The molecule has 2 aliphatic rings. The van der Waals surface area contributed by atoms with Crippen LogP contribution in [0, 0.1) is 0 Å². The minimum Gasteiger partial charge on any atom is -0.335 e. The van der Waals surface area contributed by atoms with Gasteiger partial charge in [-0.25, -0.2) is 9.78 Å². The van der Waals surface area contributed by atoms with Gasteiger partial charge in [0.1, 0.15) is 10.7 Å². The van der Waals surface area contributed by atoms with Gasteiger partial charge in [0, 0.05) is 22.3 Å². The van der Waals surface area contributed by atoms with Crippen LogP contribution in [-0.4, -0.2) is 33.7 Å². The second-order valence-corrected chi connectivity index (χ2v) is 10.1. The van der Waals surface area contributed by atoms with Crippen molar-refractivity contribution in [2.45, 2.75) is 43.9 Å². The van der Waals surface area contributed by atoms with Gasteiger partial charge in [-0.1, -0.05) is 0 Å². The molecule has 0 unspecified atom stereocenters. The second kappa shape index (κ2) is 8.95. The molecule has 3 amide bonds. The summed E-state index contributed by atoms with van der Waals surface area (Å²) < 4.78 is 0. The fraction of sp³-hybridized carbons (Fsp3) is 0.364. The number of carbonyl (C=O) groups excluding carboxylic acids is 2. The van der Waals surface area contributed by atoms with Gasteiger partial charge in [-0.15, -0.1) is 23.1 Å². The van der Waals surface area contributed by atoms with Gasteiger partial charge >= 0.3 is 6.03 Å². The lowest BCUT2D eigenvalue weighted by molar-refractivity contribution is -0.113. The van der Waals surface area contributed by atoms with Gasteiger partial charge in [0.05, 0.1) is 16.9 Å². The van der Waals surface area contributed by atoms with Gasteiger partial charge in [0.15, 0.2) is 0 Å². The number of nitrogens with one attached hydrogen (secondary N) is 4. The summed E-state index contributed by atoms with van der Waals surface area (Å²) in [5, 5.41) is 9.22. The number of hydrogen-bond donors (Lipinski definition) is 4. The molecule has 3 aromatic rings. The van der Waals surface area contributed by atoms with E-state index in [1.807, 2.05) is 0 Å². The van der Waals surface area contributed by atoms with Gasteiger partial charge in [-0.3, -0.25) is 9.59 Å². The van der Waals surface area contributed by atoms with Crippen molar-refractivity contribution in [3.05, 3.63) is 50.9 Å². The Balaban J connectivity index is 1.11. The van der Waals surface area contributed by atoms with Crippen LogP contribution < -0.4 is 21.5 Å². The predicted octanol–water partition coefficient (Wildman–Crippen LogP) is 3.63. The fourth-order valence-electron chi connectivity index (χ4n) is 3.77. The van der Waals surface area contributed by atoms with Crippen molar-refractivity contribution >= 4 is 56.6 Å². The molecule has 0 bridgehead atoms. The number of nitrogens with zero attached hydrogens (tertiary/aromatic N) is 1. The monoisotopic (exact) mass is 469 g/mol. The standard InChI is InChI=1S/C22H23N5O3S2/c28-18(23-12-4-6-13(7-5-12)24-22(30)25-14-8-9-14)11-31-10-17-26-20(29)19-15-2-1-3-16(15)32-21(19)27-17/h4-7,14H,1-3,8-11H2,(H,23,28)(H2,24,25,30)(H,26,27,29). The Hall–Kier alpha value is -2.85. The van der Waals surface area contributed by atoms with Crippen LogP contribution in [-0.2, 0) is 23.4 Å². The molecule has 2 aliphatic carbocycles. The topological polar surface area (TPSA) is 116 Å². The number of thioether (sulfide) groups is 1. The first-order valence-electron chi connectivity index (χ1n) is 10.6. The maximum Gasteiger partial charge on any atom is 0.319 e. The Morgan fingerprint density at radius 2 is 1.88 bits per heavy atom. The highest BCUT2D eigenvalue weighted by Crippen LogP contribution is 2.34. The molecule has 0 spiro atoms. The molecule has 0 radical (unpaired) electrons. The van der Waals surface area contributed by atoms with Gasteiger partial charge in [-0.05, 0) is 61.9 Å². The molecule has 166 valence electrons. The minimum absolute atomic E-state index is 0.0750. The van der Waals surface area contributed by atoms with E-state index in [0.717, 1.165) is 42.3 Å². The van der Waals surface area contributed by atoms with Gasteiger partial charge in [0.25, 0.3) is 5.56 Å². The number of H-pyrrole nitrogens is 1. The van der Waals surface area contributed by atoms with E-state index in [-0.39, 0.29) is 23.3 Å². The van der Waals surface area contributed by atoms with Crippen LogP contribution in [0.25, 0.3) is 10.2 Å². The molecule has 5 rings (SSSR count). The van der Waals surface area contributed by atoms with Crippen LogP contribution in [0.2, 0.25) is 0 Å². The molecule has 2 heterocycles. The maximum atomic E-state index is 12.5. The molecule has 0 atom stereocenters. The number of fused-ring (bicyclic) bond motifs is 3. The number of benzene rings is 1. The molecule has 4 N–H and O–H groups in total. The number of thiophene rings is 1. The smallest absolute Gasteiger partial charge is 0.319 e.